The number of hydrogen-bond acceptors (Lipinski definition) is 5. The molecular formula is C25H33FN4O2. The van der Waals surface area contributed by atoms with Crippen LogP contribution >= 0.6 is 0 Å². The number of likely N-dealkylation sites (N-methyl/N-ethyl adjacent to an activating group) is 1. The SMILES string of the molecule is CCN1CCN(c2ccc(C(=O)NCC(c3cccc(F)c3)N3CCOCC3)cc2)CC1. The van der Waals surface area contributed by atoms with Crippen LogP contribution in [0.4, 0.5) is 10.1 Å². The summed E-state index contributed by atoms with van der Waals surface area (Å²) >= 11 is 0. The van der Waals surface area contributed by atoms with Crippen molar-refractivity contribution < 1.29 is 13.9 Å². The van der Waals surface area contributed by atoms with Crippen LogP contribution in [0.2, 0.25) is 0 Å². The van der Waals surface area contributed by atoms with Crippen molar-refractivity contribution in [2.24, 2.45) is 0 Å². The average Bonchev–Trinajstić information content (AvgIpc) is 2.85. The van der Waals surface area contributed by atoms with Gasteiger partial charge >= 0.3 is 0 Å². The van der Waals surface area contributed by atoms with E-state index in [0.717, 1.165) is 57.1 Å². The highest BCUT2D eigenvalue weighted by molar-refractivity contribution is 5.94. The van der Waals surface area contributed by atoms with Crippen LogP contribution in [0.25, 0.3) is 0 Å². The predicted molar refractivity (Wildman–Crippen MR) is 125 cm³/mol. The zero-order chi connectivity index (χ0) is 22.3. The molecular weight excluding hydrogens is 407 g/mol. The molecule has 2 fully saturated rings. The summed E-state index contributed by atoms with van der Waals surface area (Å²) in [6.45, 7) is 10.7. The number of nitrogens with one attached hydrogen (secondary N) is 1. The summed E-state index contributed by atoms with van der Waals surface area (Å²) in [7, 11) is 0. The van der Waals surface area contributed by atoms with E-state index in [2.05, 4.69) is 26.9 Å². The van der Waals surface area contributed by atoms with E-state index >= 15 is 0 Å². The lowest BCUT2D eigenvalue weighted by atomic mass is 10.0. The standard InChI is InChI=1S/C25H33FN4O2/c1-2-28-10-12-29(13-11-28)23-8-6-20(7-9-23)25(31)27-19-24(30-14-16-32-17-15-30)21-4-3-5-22(26)18-21/h3-9,18,24H,2,10-17,19H2,1H3,(H,27,31). The smallest absolute Gasteiger partial charge is 0.251 e. The summed E-state index contributed by atoms with van der Waals surface area (Å²) in [6, 6.07) is 14.4. The van der Waals surface area contributed by atoms with Crippen molar-refractivity contribution in [3.8, 4) is 0 Å². The molecule has 2 heterocycles. The highest BCUT2D eigenvalue weighted by Gasteiger charge is 2.24. The lowest BCUT2D eigenvalue weighted by Gasteiger charge is -2.35. The van der Waals surface area contributed by atoms with E-state index in [0.29, 0.717) is 25.3 Å². The Morgan fingerprint density at radius 1 is 1.03 bits per heavy atom. The number of benzene rings is 2. The Labute approximate surface area is 189 Å². The number of ether oxygens (including phenoxy) is 1. The van der Waals surface area contributed by atoms with Gasteiger partial charge in [-0.1, -0.05) is 19.1 Å². The minimum absolute atomic E-state index is 0.0901. The van der Waals surface area contributed by atoms with Crippen LogP contribution in [-0.2, 0) is 4.74 Å². The van der Waals surface area contributed by atoms with Gasteiger partial charge in [-0.2, -0.15) is 0 Å². The number of hydrogen-bond donors (Lipinski definition) is 1. The average molecular weight is 441 g/mol. The van der Waals surface area contributed by atoms with Crippen molar-refractivity contribution >= 4 is 11.6 Å². The molecule has 1 amide bonds. The zero-order valence-electron chi connectivity index (χ0n) is 18.8. The normalized spacial score (nSPS) is 19.0. The van der Waals surface area contributed by atoms with Crippen LogP contribution in [-0.4, -0.2) is 81.3 Å². The Balaban J connectivity index is 1.38. The summed E-state index contributed by atoms with van der Waals surface area (Å²) in [5, 5.41) is 3.06. The van der Waals surface area contributed by atoms with Crippen LogP contribution in [0.15, 0.2) is 48.5 Å². The van der Waals surface area contributed by atoms with E-state index < -0.39 is 0 Å². The maximum absolute atomic E-state index is 13.9. The second-order valence-corrected chi connectivity index (χ2v) is 8.40. The van der Waals surface area contributed by atoms with Crippen LogP contribution in [0, 0.1) is 5.82 Å². The van der Waals surface area contributed by atoms with Crippen molar-refractivity contribution in [1.82, 2.24) is 15.1 Å². The first-order chi connectivity index (χ1) is 15.6. The molecule has 0 saturated carbocycles. The van der Waals surface area contributed by atoms with Gasteiger partial charge in [0.15, 0.2) is 0 Å². The molecule has 32 heavy (non-hydrogen) atoms. The zero-order valence-corrected chi connectivity index (χ0v) is 18.8. The Hall–Kier alpha value is -2.48. The van der Waals surface area contributed by atoms with Crippen molar-refractivity contribution in [2.45, 2.75) is 13.0 Å². The summed E-state index contributed by atoms with van der Waals surface area (Å²) in [5.41, 5.74) is 2.66. The molecule has 172 valence electrons. The van der Waals surface area contributed by atoms with Crippen LogP contribution in [0.5, 0.6) is 0 Å². The molecule has 6 nitrogen and oxygen atoms in total. The fourth-order valence-electron chi connectivity index (χ4n) is 4.50. The minimum atomic E-state index is -0.262. The number of anilines is 1. The maximum Gasteiger partial charge on any atom is 0.251 e. The lowest BCUT2D eigenvalue weighted by molar-refractivity contribution is 0.0162. The molecule has 2 aliphatic heterocycles. The summed E-state index contributed by atoms with van der Waals surface area (Å²) in [5.74, 6) is -0.371. The van der Waals surface area contributed by atoms with Gasteiger partial charge in [-0.3, -0.25) is 9.69 Å². The highest BCUT2D eigenvalue weighted by atomic mass is 19.1. The Bertz CT molecular complexity index is 878. The molecule has 7 heteroatoms. The van der Waals surface area contributed by atoms with Gasteiger partial charge in [-0.05, 0) is 48.5 Å². The summed E-state index contributed by atoms with van der Waals surface area (Å²) in [4.78, 5) is 19.9. The van der Waals surface area contributed by atoms with E-state index in [9.17, 15) is 9.18 Å². The van der Waals surface area contributed by atoms with Gasteiger partial charge in [0.05, 0.1) is 19.3 Å². The highest BCUT2D eigenvalue weighted by Crippen LogP contribution is 2.23. The number of halogens is 1. The maximum atomic E-state index is 13.9. The molecule has 4 rings (SSSR count). The predicted octanol–water partition coefficient (Wildman–Crippen LogP) is 2.77. The number of nitrogens with zero attached hydrogens (tertiary/aromatic N) is 3. The first-order valence-corrected chi connectivity index (χ1v) is 11.6. The molecule has 0 radical (unpaired) electrons. The lowest BCUT2D eigenvalue weighted by Crippen LogP contribution is -2.46. The monoisotopic (exact) mass is 440 g/mol. The topological polar surface area (TPSA) is 48.0 Å². The van der Waals surface area contributed by atoms with Crippen LogP contribution < -0.4 is 10.2 Å². The third-order valence-electron chi connectivity index (χ3n) is 6.49. The van der Waals surface area contributed by atoms with Gasteiger partial charge in [-0.25, -0.2) is 4.39 Å². The molecule has 0 spiro atoms. The van der Waals surface area contributed by atoms with Crippen LogP contribution in [0.1, 0.15) is 28.9 Å². The molecule has 1 N–H and O–H groups in total. The molecule has 2 aromatic carbocycles. The molecule has 1 atom stereocenters. The Morgan fingerprint density at radius 3 is 2.41 bits per heavy atom. The molecule has 2 aromatic rings. The Morgan fingerprint density at radius 2 is 1.75 bits per heavy atom. The van der Waals surface area contributed by atoms with E-state index in [4.69, 9.17) is 4.74 Å². The summed E-state index contributed by atoms with van der Waals surface area (Å²) in [6.07, 6.45) is 0. The number of carbonyl (C=O) groups excluding carboxylic acids is 1. The molecule has 0 aromatic heterocycles. The molecule has 2 aliphatic rings. The van der Waals surface area contributed by atoms with E-state index in [1.807, 2.05) is 30.3 Å². The van der Waals surface area contributed by atoms with Crippen molar-refractivity contribution in [3.63, 3.8) is 0 Å². The first kappa shape index (κ1) is 22.7. The molecule has 0 aliphatic carbocycles. The van der Waals surface area contributed by atoms with E-state index in [-0.39, 0.29) is 17.8 Å². The summed E-state index contributed by atoms with van der Waals surface area (Å²) < 4.78 is 19.3. The van der Waals surface area contributed by atoms with Gasteiger partial charge in [0.1, 0.15) is 5.82 Å². The number of amides is 1. The van der Waals surface area contributed by atoms with Gasteiger partial charge in [0.25, 0.3) is 5.91 Å². The molecule has 0 bridgehead atoms. The van der Waals surface area contributed by atoms with Gasteiger partial charge in [-0.15, -0.1) is 0 Å². The quantitative estimate of drug-likeness (QED) is 0.718. The minimum Gasteiger partial charge on any atom is -0.379 e. The first-order valence-electron chi connectivity index (χ1n) is 11.6. The van der Waals surface area contributed by atoms with Crippen molar-refractivity contribution in [3.05, 3.63) is 65.5 Å². The largest absolute Gasteiger partial charge is 0.379 e. The molecule has 1 unspecified atom stereocenters. The van der Waals surface area contributed by atoms with Crippen LogP contribution in [0.3, 0.4) is 0 Å². The van der Waals surface area contributed by atoms with Crippen molar-refractivity contribution in [1.29, 1.82) is 0 Å². The van der Waals surface area contributed by atoms with E-state index in [1.54, 1.807) is 12.1 Å². The third kappa shape index (κ3) is 5.65. The number of piperazine rings is 1. The number of carbonyl (C=O) groups is 1. The second-order valence-electron chi connectivity index (χ2n) is 8.40. The van der Waals surface area contributed by atoms with Crippen molar-refractivity contribution in [2.75, 3.05) is 70.5 Å². The number of rotatable bonds is 7. The molecule has 2 saturated heterocycles. The fraction of sp³-hybridized carbons (Fsp3) is 0.480. The van der Waals surface area contributed by atoms with Gasteiger partial charge in [0.2, 0.25) is 0 Å². The van der Waals surface area contributed by atoms with Gasteiger partial charge < -0.3 is 19.9 Å². The third-order valence-corrected chi connectivity index (χ3v) is 6.49. The number of morpholine rings is 1. The van der Waals surface area contributed by atoms with E-state index in [1.165, 1.54) is 6.07 Å². The Kier molecular flexibility index (Phi) is 7.73. The fourth-order valence-corrected chi connectivity index (χ4v) is 4.50. The van der Waals surface area contributed by atoms with Gasteiger partial charge in [0, 0.05) is 57.1 Å². The second kappa shape index (κ2) is 10.9.